The quantitative estimate of drug-likeness (QED) is 0.444. The van der Waals surface area contributed by atoms with Crippen molar-refractivity contribution in [3.63, 3.8) is 0 Å². The lowest BCUT2D eigenvalue weighted by atomic mass is 10.1. The summed E-state index contributed by atoms with van der Waals surface area (Å²) in [5, 5.41) is 0. The minimum absolute atomic E-state index is 0.681. The molecule has 0 aromatic heterocycles. The summed E-state index contributed by atoms with van der Waals surface area (Å²) < 4.78 is 11.9. The SMILES string of the molecule is CCO[Si](CC)(CC/N=C(/C)CC(C)C)OCC. The van der Waals surface area contributed by atoms with Crippen LogP contribution in [0.4, 0.5) is 0 Å². The summed E-state index contributed by atoms with van der Waals surface area (Å²) in [6, 6.07) is 1.98. The second-order valence-corrected chi connectivity index (χ2v) is 8.70. The van der Waals surface area contributed by atoms with Crippen LogP contribution in [0.5, 0.6) is 0 Å². The van der Waals surface area contributed by atoms with E-state index >= 15 is 0 Å². The van der Waals surface area contributed by atoms with Gasteiger partial charge >= 0.3 is 8.56 Å². The lowest BCUT2D eigenvalue weighted by Crippen LogP contribution is -2.42. The molecule has 0 heterocycles. The van der Waals surface area contributed by atoms with E-state index in [1.165, 1.54) is 5.71 Å². The molecule has 0 bridgehead atoms. The Morgan fingerprint density at radius 3 is 2.06 bits per heavy atom. The molecule has 0 spiro atoms. The van der Waals surface area contributed by atoms with Crippen molar-refractivity contribution in [3.8, 4) is 0 Å². The highest BCUT2D eigenvalue weighted by molar-refractivity contribution is 6.67. The van der Waals surface area contributed by atoms with Crippen LogP contribution in [0.15, 0.2) is 4.99 Å². The largest absolute Gasteiger partial charge is 0.394 e. The van der Waals surface area contributed by atoms with Gasteiger partial charge in [0.1, 0.15) is 0 Å². The van der Waals surface area contributed by atoms with E-state index in [1.807, 2.05) is 13.8 Å². The fraction of sp³-hybridized carbons (Fsp3) is 0.929. The minimum Gasteiger partial charge on any atom is -0.394 e. The molecule has 0 aliphatic heterocycles. The molecule has 0 atom stereocenters. The molecule has 0 aromatic rings. The molecule has 0 amide bonds. The van der Waals surface area contributed by atoms with Gasteiger partial charge in [0.2, 0.25) is 0 Å². The molecule has 0 radical (unpaired) electrons. The van der Waals surface area contributed by atoms with Crippen LogP contribution in [-0.2, 0) is 8.85 Å². The number of nitrogens with zero attached hydrogens (tertiary/aromatic N) is 1. The van der Waals surface area contributed by atoms with Crippen LogP contribution in [0.2, 0.25) is 12.1 Å². The van der Waals surface area contributed by atoms with Crippen molar-refractivity contribution >= 4 is 14.3 Å². The summed E-state index contributed by atoms with van der Waals surface area (Å²) in [4.78, 5) is 4.65. The highest BCUT2D eigenvalue weighted by Crippen LogP contribution is 2.19. The predicted octanol–water partition coefficient (Wildman–Crippen LogP) is 4.03. The van der Waals surface area contributed by atoms with Gasteiger partial charge in [-0.1, -0.05) is 20.8 Å². The fourth-order valence-corrected chi connectivity index (χ4v) is 4.80. The van der Waals surface area contributed by atoms with Crippen molar-refractivity contribution in [1.82, 2.24) is 0 Å². The first-order valence-corrected chi connectivity index (χ1v) is 9.50. The van der Waals surface area contributed by atoms with Crippen LogP contribution >= 0.6 is 0 Å². The van der Waals surface area contributed by atoms with Gasteiger partial charge in [-0.25, -0.2) is 0 Å². The highest BCUT2D eigenvalue weighted by atomic mass is 28.4. The molecule has 0 unspecified atom stereocenters. The molecular formula is C14H31NO2Si. The van der Waals surface area contributed by atoms with E-state index < -0.39 is 8.56 Å². The number of hydrogen-bond donors (Lipinski definition) is 0. The third kappa shape index (κ3) is 7.29. The van der Waals surface area contributed by atoms with Gasteiger partial charge in [0.05, 0.1) is 0 Å². The van der Waals surface area contributed by atoms with Crippen LogP contribution in [0, 0.1) is 5.92 Å². The number of aliphatic imine (C=N–C) groups is 1. The first-order chi connectivity index (χ1) is 8.49. The Morgan fingerprint density at radius 1 is 1.11 bits per heavy atom. The summed E-state index contributed by atoms with van der Waals surface area (Å²) >= 11 is 0. The minimum atomic E-state index is -1.98. The summed E-state index contributed by atoms with van der Waals surface area (Å²) in [5.41, 5.74) is 1.25. The van der Waals surface area contributed by atoms with Crippen LogP contribution in [0.25, 0.3) is 0 Å². The van der Waals surface area contributed by atoms with Gasteiger partial charge < -0.3 is 8.85 Å². The van der Waals surface area contributed by atoms with Crippen molar-refractivity contribution in [2.45, 2.75) is 60.1 Å². The third-order valence-electron chi connectivity index (χ3n) is 2.93. The lowest BCUT2D eigenvalue weighted by Gasteiger charge is -2.28. The Balaban J connectivity index is 4.33. The lowest BCUT2D eigenvalue weighted by molar-refractivity contribution is 0.184. The van der Waals surface area contributed by atoms with E-state index in [2.05, 4.69) is 32.7 Å². The molecule has 0 rings (SSSR count). The van der Waals surface area contributed by atoms with Crippen LogP contribution in [0.3, 0.4) is 0 Å². The van der Waals surface area contributed by atoms with E-state index in [0.29, 0.717) is 5.92 Å². The summed E-state index contributed by atoms with van der Waals surface area (Å²) in [6.45, 7) is 15.2. The monoisotopic (exact) mass is 273 g/mol. The molecule has 0 aliphatic carbocycles. The van der Waals surface area contributed by atoms with Gasteiger partial charge in [0.25, 0.3) is 0 Å². The van der Waals surface area contributed by atoms with Gasteiger partial charge in [-0.2, -0.15) is 0 Å². The Morgan fingerprint density at radius 2 is 1.67 bits per heavy atom. The standard InChI is InChI=1S/C14H31NO2Si/c1-7-16-18(9-3,17-8-2)11-10-15-14(6)12-13(4)5/h13H,7-12H2,1-6H3/b15-14-. The molecule has 0 aliphatic rings. The van der Waals surface area contributed by atoms with E-state index in [1.54, 1.807) is 0 Å². The zero-order valence-corrected chi connectivity index (χ0v) is 14.1. The number of hydrogen-bond acceptors (Lipinski definition) is 3. The van der Waals surface area contributed by atoms with Crippen LogP contribution in [0.1, 0.15) is 48.0 Å². The van der Waals surface area contributed by atoms with Gasteiger partial charge in [-0.3, -0.25) is 4.99 Å². The zero-order chi connectivity index (χ0) is 14.0. The Labute approximate surface area is 114 Å². The summed E-state index contributed by atoms with van der Waals surface area (Å²) in [5.74, 6) is 0.681. The van der Waals surface area contributed by atoms with Crippen LogP contribution in [-0.4, -0.2) is 34.0 Å². The maximum atomic E-state index is 5.93. The fourth-order valence-electron chi connectivity index (χ4n) is 2.17. The van der Waals surface area contributed by atoms with E-state index in [4.69, 9.17) is 8.85 Å². The normalized spacial score (nSPS) is 13.4. The third-order valence-corrected chi connectivity index (χ3v) is 6.62. The van der Waals surface area contributed by atoms with E-state index in [9.17, 15) is 0 Å². The molecule has 18 heavy (non-hydrogen) atoms. The summed E-state index contributed by atoms with van der Waals surface area (Å²) in [6.07, 6.45) is 1.09. The van der Waals surface area contributed by atoms with Crippen molar-refractivity contribution in [3.05, 3.63) is 0 Å². The van der Waals surface area contributed by atoms with Crippen molar-refractivity contribution in [2.24, 2.45) is 10.9 Å². The molecule has 108 valence electrons. The van der Waals surface area contributed by atoms with E-state index in [-0.39, 0.29) is 0 Å². The van der Waals surface area contributed by atoms with Crippen molar-refractivity contribution in [2.75, 3.05) is 19.8 Å². The van der Waals surface area contributed by atoms with E-state index in [0.717, 1.165) is 38.3 Å². The average Bonchev–Trinajstić information content (AvgIpc) is 2.28. The van der Waals surface area contributed by atoms with Gasteiger partial charge in [-0.15, -0.1) is 0 Å². The Bertz CT molecular complexity index is 236. The molecule has 4 heteroatoms. The maximum absolute atomic E-state index is 5.93. The van der Waals surface area contributed by atoms with Crippen molar-refractivity contribution < 1.29 is 8.85 Å². The first kappa shape index (κ1) is 17.8. The second-order valence-electron chi connectivity index (χ2n) is 5.10. The summed E-state index contributed by atoms with van der Waals surface area (Å²) in [7, 11) is -1.98. The maximum Gasteiger partial charge on any atom is 0.339 e. The second kappa shape index (κ2) is 9.70. The average molecular weight is 273 g/mol. The zero-order valence-electron chi connectivity index (χ0n) is 13.1. The highest BCUT2D eigenvalue weighted by Gasteiger charge is 2.34. The van der Waals surface area contributed by atoms with Gasteiger partial charge in [0, 0.05) is 31.5 Å². The molecule has 0 N–H and O–H groups in total. The smallest absolute Gasteiger partial charge is 0.339 e. The van der Waals surface area contributed by atoms with Crippen LogP contribution < -0.4 is 0 Å². The van der Waals surface area contributed by atoms with Gasteiger partial charge in [0.15, 0.2) is 0 Å². The molecule has 0 aromatic carbocycles. The molecule has 3 nitrogen and oxygen atoms in total. The molecule has 0 saturated heterocycles. The Kier molecular flexibility index (Phi) is 9.60. The Hall–Kier alpha value is -0.193. The first-order valence-electron chi connectivity index (χ1n) is 7.27. The topological polar surface area (TPSA) is 30.8 Å². The number of rotatable bonds is 10. The predicted molar refractivity (Wildman–Crippen MR) is 81.7 cm³/mol. The van der Waals surface area contributed by atoms with Gasteiger partial charge in [-0.05, 0) is 39.2 Å². The molecule has 0 fully saturated rings. The molecule has 0 saturated carbocycles. The molecular weight excluding hydrogens is 242 g/mol. The van der Waals surface area contributed by atoms with Crippen molar-refractivity contribution in [1.29, 1.82) is 0 Å².